The highest BCUT2D eigenvalue weighted by Gasteiger charge is 2.32. The molecule has 30 heavy (non-hydrogen) atoms. The van der Waals surface area contributed by atoms with Crippen molar-refractivity contribution in [2.75, 3.05) is 18.9 Å². The third-order valence-corrected chi connectivity index (χ3v) is 8.12. The second-order valence-electron chi connectivity index (χ2n) is 8.74. The average molecular weight is 428 g/mol. The number of fused-ring (bicyclic) bond motifs is 2. The van der Waals surface area contributed by atoms with Gasteiger partial charge in [-0.05, 0) is 94.1 Å². The van der Waals surface area contributed by atoms with Crippen LogP contribution in [0.15, 0.2) is 21.9 Å². The van der Waals surface area contributed by atoms with E-state index in [0.717, 1.165) is 63.6 Å². The van der Waals surface area contributed by atoms with E-state index in [1.165, 1.54) is 27.7 Å². The van der Waals surface area contributed by atoms with Crippen molar-refractivity contribution in [3.8, 4) is 6.19 Å². The molecule has 0 bridgehead atoms. The zero-order valence-corrected chi connectivity index (χ0v) is 18.5. The number of hydrogen-bond acceptors (Lipinski definition) is 5. The highest BCUT2D eigenvalue weighted by Crippen LogP contribution is 2.38. The summed E-state index contributed by atoms with van der Waals surface area (Å²) in [6.07, 6.45) is 11.5. The van der Waals surface area contributed by atoms with Crippen LogP contribution in [-0.4, -0.2) is 34.3 Å². The number of carbonyl (C=O) groups excluding carboxylic acids is 1. The lowest BCUT2D eigenvalue weighted by atomic mass is 9.99. The minimum absolute atomic E-state index is 0.257. The van der Waals surface area contributed by atoms with Crippen LogP contribution in [-0.2, 0) is 35.6 Å². The van der Waals surface area contributed by atoms with Crippen LogP contribution >= 0.6 is 0 Å². The van der Waals surface area contributed by atoms with Gasteiger partial charge in [-0.15, -0.1) is 0 Å². The molecule has 0 saturated carbocycles. The van der Waals surface area contributed by atoms with E-state index in [1.54, 1.807) is 12.3 Å². The Balaban J connectivity index is 1.57. The Hall–Kier alpha value is -2.37. The number of benzene rings is 1. The van der Waals surface area contributed by atoms with Crippen molar-refractivity contribution in [3.63, 3.8) is 0 Å². The SMILES string of the molecule is CN1CCC[C@]1(C)/C=C/S(=O)(=NC#N)NC(=O)Nc1c2c(cc3c1CCC3)CCC2. The minimum Gasteiger partial charge on any atom is -0.307 e. The number of nitriles is 1. The van der Waals surface area contributed by atoms with E-state index in [1.807, 2.05) is 7.05 Å². The van der Waals surface area contributed by atoms with Crippen molar-refractivity contribution in [1.29, 1.82) is 5.26 Å². The van der Waals surface area contributed by atoms with Gasteiger partial charge in [0.25, 0.3) is 0 Å². The zero-order chi connectivity index (χ0) is 21.4. The standard InChI is InChI=1S/C22H29N5O2S/c1-22(10-5-12-27(22)2)11-13-30(29,24-15-23)26-21(28)25-20-18-8-3-6-16(18)14-17-7-4-9-19(17)20/h11,13-14H,3-10,12H2,1-2H3,(H2,24,25,26,28,29)/b13-11+/t22-,30?/m1/s1. The van der Waals surface area contributed by atoms with E-state index in [4.69, 9.17) is 5.26 Å². The van der Waals surface area contributed by atoms with Gasteiger partial charge in [0.15, 0.2) is 9.92 Å². The molecular weight excluding hydrogens is 398 g/mol. The maximum atomic E-state index is 13.2. The van der Waals surface area contributed by atoms with Gasteiger partial charge in [-0.3, -0.25) is 4.90 Å². The molecule has 1 fully saturated rings. The first kappa shape index (κ1) is 20.9. The number of nitrogens with zero attached hydrogens (tertiary/aromatic N) is 3. The molecule has 1 heterocycles. The molecule has 160 valence electrons. The third kappa shape index (κ3) is 3.96. The number of amides is 2. The summed E-state index contributed by atoms with van der Waals surface area (Å²) in [5.74, 6) is 0. The molecule has 0 aromatic heterocycles. The molecule has 2 atom stereocenters. The molecular formula is C22H29N5O2S. The second-order valence-corrected chi connectivity index (χ2v) is 10.5. The lowest BCUT2D eigenvalue weighted by Gasteiger charge is -2.28. The van der Waals surface area contributed by atoms with Crippen molar-refractivity contribution >= 4 is 21.6 Å². The monoisotopic (exact) mass is 427 g/mol. The maximum absolute atomic E-state index is 13.2. The first-order valence-electron chi connectivity index (χ1n) is 10.6. The first-order valence-corrected chi connectivity index (χ1v) is 12.2. The Bertz CT molecular complexity index is 1030. The van der Waals surface area contributed by atoms with Gasteiger partial charge in [-0.25, -0.2) is 13.7 Å². The lowest BCUT2D eigenvalue weighted by molar-refractivity contribution is 0.251. The third-order valence-electron chi connectivity index (χ3n) is 6.79. The van der Waals surface area contributed by atoms with Gasteiger partial charge < -0.3 is 5.32 Å². The van der Waals surface area contributed by atoms with Gasteiger partial charge in [0, 0.05) is 16.6 Å². The molecule has 7 nitrogen and oxygen atoms in total. The number of hydrogen-bond donors (Lipinski definition) is 2. The van der Waals surface area contributed by atoms with E-state index in [2.05, 4.69) is 32.3 Å². The highest BCUT2D eigenvalue weighted by atomic mass is 32.2. The number of urea groups is 1. The fourth-order valence-corrected chi connectivity index (χ4v) is 6.05. The Morgan fingerprint density at radius 2 is 1.90 bits per heavy atom. The Morgan fingerprint density at radius 3 is 2.47 bits per heavy atom. The Morgan fingerprint density at radius 1 is 1.23 bits per heavy atom. The summed E-state index contributed by atoms with van der Waals surface area (Å²) in [7, 11) is -1.33. The summed E-state index contributed by atoms with van der Waals surface area (Å²) in [6, 6.07) is 1.71. The first-order chi connectivity index (χ1) is 14.3. The van der Waals surface area contributed by atoms with Gasteiger partial charge in [0.2, 0.25) is 6.19 Å². The molecule has 1 saturated heterocycles. The number of likely N-dealkylation sites (tertiary alicyclic amines) is 1. The van der Waals surface area contributed by atoms with E-state index in [-0.39, 0.29) is 5.54 Å². The van der Waals surface area contributed by atoms with Gasteiger partial charge in [0.1, 0.15) is 0 Å². The largest absolute Gasteiger partial charge is 0.331 e. The van der Waals surface area contributed by atoms with Crippen LogP contribution in [0.4, 0.5) is 10.5 Å². The van der Waals surface area contributed by atoms with Gasteiger partial charge in [-0.1, -0.05) is 16.5 Å². The van der Waals surface area contributed by atoms with Crippen LogP contribution in [0.5, 0.6) is 0 Å². The van der Waals surface area contributed by atoms with E-state index in [9.17, 15) is 9.00 Å². The van der Waals surface area contributed by atoms with Crippen molar-refractivity contribution in [2.24, 2.45) is 4.36 Å². The number of aryl methyl sites for hydroxylation is 2. The molecule has 3 aliphatic rings. The number of rotatable bonds is 4. The summed E-state index contributed by atoms with van der Waals surface area (Å²) < 4.78 is 19.2. The minimum atomic E-state index is -3.34. The van der Waals surface area contributed by atoms with Crippen LogP contribution in [0, 0.1) is 11.5 Å². The van der Waals surface area contributed by atoms with Crippen LogP contribution < -0.4 is 10.0 Å². The summed E-state index contributed by atoms with van der Waals surface area (Å²) in [4.78, 5) is 15.0. The summed E-state index contributed by atoms with van der Waals surface area (Å²) >= 11 is 0. The fraction of sp³-hybridized carbons (Fsp3) is 0.545. The maximum Gasteiger partial charge on any atom is 0.331 e. The molecule has 1 aliphatic heterocycles. The van der Waals surface area contributed by atoms with Crippen LogP contribution in [0.3, 0.4) is 0 Å². The Kier molecular flexibility index (Phi) is 5.60. The summed E-state index contributed by atoms with van der Waals surface area (Å²) in [6.45, 7) is 3.01. The normalized spacial score (nSPS) is 24.8. The van der Waals surface area contributed by atoms with Gasteiger partial charge >= 0.3 is 6.03 Å². The molecule has 1 unspecified atom stereocenters. The highest BCUT2D eigenvalue weighted by molar-refractivity contribution is 7.95. The van der Waals surface area contributed by atoms with Crippen LogP contribution in [0.25, 0.3) is 0 Å². The van der Waals surface area contributed by atoms with E-state index in [0.29, 0.717) is 0 Å². The molecule has 0 spiro atoms. The lowest BCUT2D eigenvalue weighted by Crippen LogP contribution is -2.37. The average Bonchev–Trinajstić information content (AvgIpc) is 3.41. The van der Waals surface area contributed by atoms with Crippen LogP contribution in [0.2, 0.25) is 0 Å². The fourth-order valence-electron chi connectivity index (χ4n) is 4.96. The smallest absolute Gasteiger partial charge is 0.307 e. The van der Waals surface area contributed by atoms with Gasteiger partial charge in [0.05, 0.1) is 0 Å². The molecule has 4 rings (SSSR count). The van der Waals surface area contributed by atoms with Crippen LogP contribution in [0.1, 0.15) is 54.9 Å². The number of likely N-dealkylation sites (N-methyl/N-ethyl adjacent to an activating group) is 1. The predicted octanol–water partition coefficient (Wildman–Crippen LogP) is 3.65. The van der Waals surface area contributed by atoms with E-state index < -0.39 is 15.9 Å². The molecule has 1 aromatic carbocycles. The molecule has 2 aliphatic carbocycles. The van der Waals surface area contributed by atoms with Crippen molar-refractivity contribution in [2.45, 2.75) is 63.8 Å². The molecule has 1 aromatic rings. The predicted molar refractivity (Wildman–Crippen MR) is 118 cm³/mol. The Labute approximate surface area is 178 Å². The molecule has 8 heteroatoms. The topological polar surface area (TPSA) is 97.6 Å². The quantitative estimate of drug-likeness (QED) is 0.717. The molecule has 2 amide bonds. The number of anilines is 1. The van der Waals surface area contributed by atoms with E-state index >= 15 is 0 Å². The number of nitrogens with one attached hydrogen (secondary N) is 2. The summed E-state index contributed by atoms with van der Waals surface area (Å²) in [5, 5.41) is 13.4. The number of carbonyl (C=O) groups is 1. The van der Waals surface area contributed by atoms with Gasteiger partial charge in [-0.2, -0.15) is 5.26 Å². The second kappa shape index (κ2) is 8.05. The van der Waals surface area contributed by atoms with Crippen molar-refractivity contribution in [1.82, 2.24) is 9.62 Å². The molecule has 0 radical (unpaired) electrons. The van der Waals surface area contributed by atoms with Crippen molar-refractivity contribution < 1.29 is 9.00 Å². The van der Waals surface area contributed by atoms with Crippen molar-refractivity contribution in [3.05, 3.63) is 39.8 Å². The summed E-state index contributed by atoms with van der Waals surface area (Å²) in [5.41, 5.74) is 5.64. The molecule has 2 N–H and O–H groups in total. The zero-order valence-electron chi connectivity index (χ0n) is 17.7.